The number of hydrogen-bond acceptors (Lipinski definition) is 4. The van der Waals surface area contributed by atoms with Gasteiger partial charge in [-0.2, -0.15) is 13.2 Å². The van der Waals surface area contributed by atoms with Gasteiger partial charge in [-0.3, -0.25) is 0 Å². The van der Waals surface area contributed by atoms with Crippen molar-refractivity contribution in [3.05, 3.63) is 65.0 Å². The molecule has 1 heterocycles. The van der Waals surface area contributed by atoms with E-state index in [1.807, 2.05) is 0 Å². The molecule has 1 saturated carbocycles. The second-order valence-corrected chi connectivity index (χ2v) is 9.93. The average molecular weight is 567 g/mol. The smallest absolute Gasteiger partial charge is 0.416 e. The summed E-state index contributed by atoms with van der Waals surface area (Å²) in [5, 5.41) is 11.7. The van der Waals surface area contributed by atoms with E-state index in [1.54, 1.807) is 6.07 Å². The normalized spacial score (nSPS) is 23.1. The summed E-state index contributed by atoms with van der Waals surface area (Å²) in [5.41, 5.74) is -0.728. The van der Waals surface area contributed by atoms with Crippen molar-refractivity contribution in [3.8, 4) is 5.75 Å². The van der Waals surface area contributed by atoms with Crippen LogP contribution in [0.15, 0.2) is 42.5 Å². The lowest BCUT2D eigenvalue weighted by Crippen LogP contribution is -2.46. The van der Waals surface area contributed by atoms with Gasteiger partial charge in [-0.25, -0.2) is 4.39 Å². The summed E-state index contributed by atoms with van der Waals surface area (Å²) in [6.07, 6.45) is -0.0531. The molecule has 0 aromatic heterocycles. The number of piperazine rings is 1. The largest absolute Gasteiger partial charge is 0.486 e. The van der Waals surface area contributed by atoms with Crippen LogP contribution in [0.25, 0.3) is 0 Å². The van der Waals surface area contributed by atoms with Gasteiger partial charge >= 0.3 is 6.18 Å². The Labute approximate surface area is 228 Å². The number of rotatable bonds is 7. The molecule has 208 valence electrons. The summed E-state index contributed by atoms with van der Waals surface area (Å²) >= 11 is 0. The van der Waals surface area contributed by atoms with Crippen LogP contribution < -0.4 is 4.74 Å². The van der Waals surface area contributed by atoms with Gasteiger partial charge in [0.2, 0.25) is 0 Å². The Bertz CT molecular complexity index is 985. The maximum Gasteiger partial charge on any atom is 0.416 e. The van der Waals surface area contributed by atoms with E-state index in [2.05, 4.69) is 16.8 Å². The Morgan fingerprint density at radius 2 is 1.68 bits per heavy atom. The van der Waals surface area contributed by atoms with Crippen LogP contribution in [0.3, 0.4) is 0 Å². The number of ether oxygens (including phenoxy) is 1. The van der Waals surface area contributed by atoms with Crippen LogP contribution in [-0.4, -0.2) is 54.7 Å². The monoisotopic (exact) mass is 566 g/mol. The van der Waals surface area contributed by atoms with Crippen molar-refractivity contribution >= 4 is 24.8 Å². The van der Waals surface area contributed by atoms with Gasteiger partial charge in [0.1, 0.15) is 6.61 Å². The highest BCUT2D eigenvalue weighted by molar-refractivity contribution is 5.85. The molecule has 0 spiro atoms. The van der Waals surface area contributed by atoms with E-state index >= 15 is 0 Å². The Morgan fingerprint density at radius 1 is 1.00 bits per heavy atom. The SMILES string of the molecule is CN1CCN(CCC2CCCCC2(O)c2ccc(OCc3ccc(C(F)(F)F)cc3)c(F)c2)CC1.Cl.Cl. The molecular formula is C27H36Cl2F4N2O2. The molecule has 0 radical (unpaired) electrons. The fourth-order valence-corrected chi connectivity index (χ4v) is 5.24. The number of nitrogens with zero attached hydrogens (tertiary/aromatic N) is 2. The minimum atomic E-state index is -4.40. The maximum absolute atomic E-state index is 14.9. The van der Waals surface area contributed by atoms with E-state index in [0.29, 0.717) is 17.5 Å². The topological polar surface area (TPSA) is 35.9 Å². The van der Waals surface area contributed by atoms with Crippen molar-refractivity contribution in [2.45, 2.75) is 50.5 Å². The predicted octanol–water partition coefficient (Wildman–Crippen LogP) is 6.28. The molecule has 2 unspecified atom stereocenters. The van der Waals surface area contributed by atoms with Gasteiger partial charge in [-0.1, -0.05) is 31.0 Å². The summed E-state index contributed by atoms with van der Waals surface area (Å²) in [6.45, 7) is 5.04. The summed E-state index contributed by atoms with van der Waals surface area (Å²) in [6, 6.07) is 9.21. The van der Waals surface area contributed by atoms with Crippen molar-refractivity contribution in [2.24, 2.45) is 5.92 Å². The van der Waals surface area contributed by atoms with Crippen molar-refractivity contribution in [3.63, 3.8) is 0 Å². The van der Waals surface area contributed by atoms with E-state index in [0.717, 1.165) is 70.5 Å². The quantitative estimate of drug-likeness (QED) is 0.400. The van der Waals surface area contributed by atoms with Crippen LogP contribution in [0.4, 0.5) is 17.6 Å². The molecule has 0 bridgehead atoms. The molecule has 4 rings (SSSR count). The summed E-state index contributed by atoms with van der Waals surface area (Å²) in [7, 11) is 2.13. The number of hydrogen-bond donors (Lipinski definition) is 1. The molecule has 2 aliphatic rings. The standard InChI is InChI=1S/C27H34F4N2O2.2ClH/c1-32-14-16-33(17-15-32)13-11-21-4-2-3-12-26(21,34)23-9-10-25(24(28)18-23)35-19-20-5-7-22(8-6-20)27(29,30)31;;/h5-10,18,21,34H,2-4,11-17,19H2,1H3;2*1H. The molecular weight excluding hydrogens is 531 g/mol. The van der Waals surface area contributed by atoms with Crippen LogP contribution in [-0.2, 0) is 18.4 Å². The highest BCUT2D eigenvalue weighted by atomic mass is 35.5. The molecule has 1 aliphatic heterocycles. The van der Waals surface area contributed by atoms with Crippen LogP contribution in [0.1, 0.15) is 48.8 Å². The highest BCUT2D eigenvalue weighted by Gasteiger charge is 2.40. The first-order valence-electron chi connectivity index (χ1n) is 12.4. The van der Waals surface area contributed by atoms with E-state index < -0.39 is 23.2 Å². The molecule has 37 heavy (non-hydrogen) atoms. The fraction of sp³-hybridized carbons (Fsp3) is 0.556. The van der Waals surface area contributed by atoms with Crippen molar-refractivity contribution in [2.75, 3.05) is 39.8 Å². The molecule has 1 saturated heterocycles. The first-order chi connectivity index (χ1) is 16.6. The molecule has 2 atom stereocenters. The predicted molar refractivity (Wildman–Crippen MR) is 141 cm³/mol. The fourth-order valence-electron chi connectivity index (χ4n) is 5.24. The van der Waals surface area contributed by atoms with Gasteiger partial charge in [0, 0.05) is 26.2 Å². The molecule has 1 aliphatic carbocycles. The zero-order chi connectivity index (χ0) is 25.1. The van der Waals surface area contributed by atoms with Crippen molar-refractivity contribution in [1.29, 1.82) is 0 Å². The Kier molecular flexibility index (Phi) is 11.5. The van der Waals surface area contributed by atoms with Gasteiger partial charge < -0.3 is 19.6 Å². The van der Waals surface area contributed by atoms with E-state index in [1.165, 1.54) is 24.3 Å². The first-order valence-corrected chi connectivity index (χ1v) is 12.4. The maximum atomic E-state index is 14.9. The van der Waals surface area contributed by atoms with Crippen LogP contribution in [0, 0.1) is 11.7 Å². The lowest BCUT2D eigenvalue weighted by molar-refractivity contribution is -0.137. The number of likely N-dealkylation sites (N-methyl/N-ethyl adjacent to an activating group) is 1. The Balaban J connectivity index is 0.00000241. The van der Waals surface area contributed by atoms with Gasteiger partial charge in [0.05, 0.1) is 11.2 Å². The number of alkyl halides is 3. The summed E-state index contributed by atoms with van der Waals surface area (Å²) < 4.78 is 58.7. The van der Waals surface area contributed by atoms with E-state index in [4.69, 9.17) is 4.74 Å². The summed E-state index contributed by atoms with van der Waals surface area (Å²) in [5.74, 6) is -0.498. The van der Waals surface area contributed by atoms with Crippen molar-refractivity contribution < 1.29 is 27.4 Å². The lowest BCUT2D eigenvalue weighted by Gasteiger charge is -2.42. The number of aliphatic hydroxyl groups is 1. The van der Waals surface area contributed by atoms with Crippen LogP contribution in [0.2, 0.25) is 0 Å². The van der Waals surface area contributed by atoms with Gasteiger partial charge in [0.15, 0.2) is 11.6 Å². The molecule has 10 heteroatoms. The zero-order valence-corrected chi connectivity index (χ0v) is 22.6. The molecule has 2 fully saturated rings. The molecule has 2 aromatic carbocycles. The molecule has 2 aromatic rings. The lowest BCUT2D eigenvalue weighted by atomic mass is 9.70. The van der Waals surface area contributed by atoms with Crippen LogP contribution >= 0.6 is 24.8 Å². The average Bonchev–Trinajstić information content (AvgIpc) is 2.83. The summed E-state index contributed by atoms with van der Waals surface area (Å²) in [4.78, 5) is 4.76. The highest BCUT2D eigenvalue weighted by Crippen LogP contribution is 2.44. The second kappa shape index (κ2) is 13.5. The van der Waals surface area contributed by atoms with E-state index in [-0.39, 0.29) is 43.1 Å². The molecule has 1 N–H and O–H groups in total. The zero-order valence-electron chi connectivity index (χ0n) is 21.0. The number of halogens is 6. The molecule has 0 amide bonds. The van der Waals surface area contributed by atoms with Gasteiger partial charge in [-0.15, -0.1) is 24.8 Å². The molecule has 4 nitrogen and oxygen atoms in total. The third kappa shape index (κ3) is 7.96. The first kappa shape index (κ1) is 31.6. The third-order valence-corrected chi connectivity index (χ3v) is 7.53. The number of benzene rings is 2. The second-order valence-electron chi connectivity index (χ2n) is 9.93. The van der Waals surface area contributed by atoms with Gasteiger partial charge in [0.25, 0.3) is 0 Å². The minimum Gasteiger partial charge on any atom is -0.486 e. The van der Waals surface area contributed by atoms with Crippen molar-refractivity contribution in [1.82, 2.24) is 9.80 Å². The van der Waals surface area contributed by atoms with Gasteiger partial charge in [-0.05, 0) is 74.2 Å². The Hall–Kier alpha value is -1.58. The van der Waals surface area contributed by atoms with E-state index in [9.17, 15) is 22.7 Å². The third-order valence-electron chi connectivity index (χ3n) is 7.53. The van der Waals surface area contributed by atoms with Crippen LogP contribution in [0.5, 0.6) is 5.75 Å². The minimum absolute atomic E-state index is 0. The Morgan fingerprint density at radius 3 is 2.30 bits per heavy atom.